The molecule has 0 rings (SSSR count). The molecule has 0 heterocycles. The molecule has 0 radical (unpaired) electrons. The van der Waals surface area contributed by atoms with Gasteiger partial charge in [-0.05, 0) is 5.53 Å². The van der Waals surface area contributed by atoms with E-state index in [1.807, 2.05) is 0 Å². The van der Waals surface area contributed by atoms with Crippen molar-refractivity contribution in [3.63, 3.8) is 0 Å². The van der Waals surface area contributed by atoms with Gasteiger partial charge >= 0.3 is 11.9 Å². The lowest BCUT2D eigenvalue weighted by atomic mass is 10.1. The summed E-state index contributed by atoms with van der Waals surface area (Å²) < 4.78 is 0. The molecule has 0 saturated carbocycles. The van der Waals surface area contributed by atoms with E-state index in [2.05, 4.69) is 10.0 Å². The van der Waals surface area contributed by atoms with Crippen molar-refractivity contribution in [2.24, 2.45) is 5.11 Å². The fourth-order valence-electron chi connectivity index (χ4n) is 0.630. The number of hydrogen-bond acceptors (Lipinski definition) is 3. The second-order valence-electron chi connectivity index (χ2n) is 2.05. The summed E-state index contributed by atoms with van der Waals surface area (Å²) in [5.74, 6) is -2.37. The molecule has 0 spiro atoms. The quantitative estimate of drug-likeness (QED) is 0.359. The summed E-state index contributed by atoms with van der Waals surface area (Å²) >= 11 is 0. The molecule has 0 aromatic carbocycles. The van der Waals surface area contributed by atoms with Crippen molar-refractivity contribution >= 4 is 11.9 Å². The van der Waals surface area contributed by atoms with Gasteiger partial charge in [-0.1, -0.05) is 5.11 Å². The van der Waals surface area contributed by atoms with Crippen LogP contribution in [0.15, 0.2) is 5.11 Å². The molecule has 0 aromatic rings. The van der Waals surface area contributed by atoms with Gasteiger partial charge in [0.1, 0.15) is 0 Å². The third kappa shape index (κ3) is 5.07. The number of aliphatic carboxylic acids is 2. The van der Waals surface area contributed by atoms with E-state index in [0.29, 0.717) is 0 Å². The normalized spacial score (nSPS) is 9.08. The highest BCUT2D eigenvalue weighted by Gasteiger charge is 2.14. The molecule has 0 fully saturated rings. The summed E-state index contributed by atoms with van der Waals surface area (Å²) in [7, 11) is 0. The van der Waals surface area contributed by atoms with Gasteiger partial charge in [0.25, 0.3) is 0 Å². The van der Waals surface area contributed by atoms with E-state index in [4.69, 9.17) is 15.7 Å². The van der Waals surface area contributed by atoms with Crippen molar-refractivity contribution in [1.82, 2.24) is 0 Å². The van der Waals surface area contributed by atoms with Gasteiger partial charge in [0, 0.05) is 4.91 Å². The van der Waals surface area contributed by atoms with Crippen LogP contribution < -0.4 is 0 Å². The van der Waals surface area contributed by atoms with E-state index in [1.165, 1.54) is 0 Å². The molecule has 0 amide bonds. The fourth-order valence-corrected chi connectivity index (χ4v) is 0.630. The number of rotatable bonds is 5. The van der Waals surface area contributed by atoms with E-state index in [-0.39, 0.29) is 0 Å². The number of azide groups is 1. The third-order valence-corrected chi connectivity index (χ3v) is 1.04. The highest BCUT2D eigenvalue weighted by molar-refractivity contribution is 5.71. The Hall–Kier alpha value is -1.75. The van der Waals surface area contributed by atoms with E-state index in [9.17, 15) is 9.59 Å². The molecule has 0 aromatic heterocycles. The first-order chi connectivity index (χ1) is 5.56. The van der Waals surface area contributed by atoms with Crippen LogP contribution in [-0.2, 0) is 9.59 Å². The smallest absolute Gasteiger partial charge is 0.303 e. The monoisotopic (exact) mass is 173 g/mol. The Morgan fingerprint density at radius 2 is 1.75 bits per heavy atom. The Labute approximate surface area is 67.2 Å². The summed E-state index contributed by atoms with van der Waals surface area (Å²) in [6.45, 7) is 0. The van der Waals surface area contributed by atoms with Gasteiger partial charge in [0.2, 0.25) is 0 Å². The molecule has 0 unspecified atom stereocenters. The summed E-state index contributed by atoms with van der Waals surface area (Å²) in [5, 5.41) is 19.5. The molecule has 0 aliphatic carbocycles. The zero-order valence-corrected chi connectivity index (χ0v) is 6.04. The number of carboxylic acids is 2. The van der Waals surface area contributed by atoms with Crippen LogP contribution in [0.5, 0.6) is 0 Å². The maximum Gasteiger partial charge on any atom is 0.303 e. The topological polar surface area (TPSA) is 123 Å². The predicted molar refractivity (Wildman–Crippen MR) is 37.4 cm³/mol. The number of hydrogen-bond donors (Lipinski definition) is 2. The molecule has 0 atom stereocenters. The van der Waals surface area contributed by atoms with Crippen molar-refractivity contribution in [2.45, 2.75) is 18.9 Å². The van der Waals surface area contributed by atoms with Crippen LogP contribution in [0.2, 0.25) is 0 Å². The first-order valence-electron chi connectivity index (χ1n) is 3.04. The van der Waals surface area contributed by atoms with Gasteiger partial charge in [0.15, 0.2) is 0 Å². The van der Waals surface area contributed by atoms with E-state index in [0.717, 1.165) is 0 Å². The molecule has 2 N–H and O–H groups in total. The molecule has 66 valence electrons. The molecule has 0 saturated heterocycles. The zero-order chi connectivity index (χ0) is 9.56. The van der Waals surface area contributed by atoms with Crippen LogP contribution in [0.3, 0.4) is 0 Å². The minimum absolute atomic E-state index is 0.462. The van der Waals surface area contributed by atoms with Crippen LogP contribution in [-0.4, -0.2) is 28.2 Å². The SMILES string of the molecule is [N-]=[N+]=NC(CC(=O)O)CC(=O)O. The standard InChI is InChI=1S/C5H7N3O4/c6-8-7-3(1-4(9)10)2-5(11)12/h3H,1-2H2,(H,9,10)(H,11,12). The van der Waals surface area contributed by atoms with Crippen molar-refractivity contribution in [3.8, 4) is 0 Å². The molecule has 12 heavy (non-hydrogen) atoms. The highest BCUT2D eigenvalue weighted by atomic mass is 16.4. The Morgan fingerprint density at radius 1 is 1.33 bits per heavy atom. The zero-order valence-electron chi connectivity index (χ0n) is 6.04. The number of nitrogens with zero attached hydrogens (tertiary/aromatic N) is 3. The van der Waals surface area contributed by atoms with E-state index < -0.39 is 30.8 Å². The lowest BCUT2D eigenvalue weighted by Crippen LogP contribution is -2.15. The van der Waals surface area contributed by atoms with Gasteiger partial charge in [-0.2, -0.15) is 0 Å². The second kappa shape index (κ2) is 4.97. The third-order valence-electron chi connectivity index (χ3n) is 1.04. The number of carboxylic acid groups (broad SMARTS) is 2. The van der Waals surface area contributed by atoms with E-state index in [1.54, 1.807) is 0 Å². The van der Waals surface area contributed by atoms with Gasteiger partial charge in [-0.3, -0.25) is 9.59 Å². The minimum atomic E-state index is -1.19. The molecule has 0 aliphatic rings. The fraction of sp³-hybridized carbons (Fsp3) is 0.600. The van der Waals surface area contributed by atoms with Crippen molar-refractivity contribution in [1.29, 1.82) is 0 Å². The van der Waals surface area contributed by atoms with Crippen LogP contribution in [0.4, 0.5) is 0 Å². The molecular weight excluding hydrogens is 166 g/mol. The summed E-state index contributed by atoms with van der Waals surface area (Å²) in [6.07, 6.45) is -0.924. The summed E-state index contributed by atoms with van der Waals surface area (Å²) in [6, 6.07) is -1.01. The van der Waals surface area contributed by atoms with E-state index >= 15 is 0 Å². The molecule has 0 bridgehead atoms. The lowest BCUT2D eigenvalue weighted by Gasteiger charge is -2.02. The minimum Gasteiger partial charge on any atom is -0.481 e. The van der Waals surface area contributed by atoms with Crippen molar-refractivity contribution in [2.75, 3.05) is 0 Å². The van der Waals surface area contributed by atoms with Gasteiger partial charge in [-0.15, -0.1) is 0 Å². The van der Waals surface area contributed by atoms with Gasteiger partial charge < -0.3 is 10.2 Å². The molecule has 7 heteroatoms. The van der Waals surface area contributed by atoms with Crippen LogP contribution >= 0.6 is 0 Å². The summed E-state index contributed by atoms with van der Waals surface area (Å²) in [4.78, 5) is 22.5. The number of carbonyl (C=O) groups is 2. The highest BCUT2D eigenvalue weighted by Crippen LogP contribution is 2.03. The summed E-state index contributed by atoms with van der Waals surface area (Å²) in [5.41, 5.74) is 7.93. The molecule has 7 nitrogen and oxygen atoms in total. The lowest BCUT2D eigenvalue weighted by molar-refractivity contribution is -0.139. The maximum absolute atomic E-state index is 10.1. The average Bonchev–Trinajstić information content (AvgIpc) is 1.84. The Balaban J connectivity index is 4.12. The Kier molecular flexibility index (Phi) is 4.25. The maximum atomic E-state index is 10.1. The molecule has 0 aliphatic heterocycles. The van der Waals surface area contributed by atoms with Crippen LogP contribution in [0.1, 0.15) is 12.8 Å². The Bertz CT molecular complexity index is 217. The first kappa shape index (κ1) is 10.2. The van der Waals surface area contributed by atoms with Gasteiger partial charge in [0.05, 0.1) is 18.9 Å². The van der Waals surface area contributed by atoms with Crippen LogP contribution in [0.25, 0.3) is 10.4 Å². The van der Waals surface area contributed by atoms with Crippen molar-refractivity contribution in [3.05, 3.63) is 10.4 Å². The Morgan fingerprint density at radius 3 is 2.00 bits per heavy atom. The largest absolute Gasteiger partial charge is 0.481 e. The molecular formula is C5H7N3O4. The van der Waals surface area contributed by atoms with Gasteiger partial charge in [-0.25, -0.2) is 0 Å². The predicted octanol–water partition coefficient (Wildman–Crippen LogP) is 0.615. The average molecular weight is 173 g/mol. The first-order valence-corrected chi connectivity index (χ1v) is 3.04. The second-order valence-corrected chi connectivity index (χ2v) is 2.05. The van der Waals surface area contributed by atoms with Crippen molar-refractivity contribution < 1.29 is 19.8 Å². The van der Waals surface area contributed by atoms with Crippen LogP contribution in [0, 0.1) is 0 Å².